The predicted octanol–water partition coefficient (Wildman–Crippen LogP) is 6.65. The van der Waals surface area contributed by atoms with Crippen molar-refractivity contribution >= 4 is 17.4 Å². The van der Waals surface area contributed by atoms with Crippen molar-refractivity contribution < 1.29 is 22.4 Å². The Bertz CT molecular complexity index is 1240. The third kappa shape index (κ3) is 5.52. The third-order valence-corrected chi connectivity index (χ3v) is 6.49. The number of rotatable bonds is 6. The highest BCUT2D eigenvalue weighted by Gasteiger charge is 2.33. The number of carbonyl (C=O) groups is 1. The van der Waals surface area contributed by atoms with Crippen LogP contribution in [0.25, 0.3) is 11.1 Å². The smallest absolute Gasteiger partial charge is 0.333 e. The molecule has 1 aliphatic heterocycles. The number of nitrogens with zero attached hydrogens (tertiary/aromatic N) is 4. The molecule has 192 valence electrons. The lowest BCUT2D eigenvalue weighted by Crippen LogP contribution is -2.30. The minimum Gasteiger partial charge on any atom is -0.356 e. The van der Waals surface area contributed by atoms with Crippen LogP contribution in [0, 0.1) is 6.92 Å². The van der Waals surface area contributed by atoms with Gasteiger partial charge < -0.3 is 10.2 Å². The lowest BCUT2D eigenvalue weighted by atomic mass is 9.99. The monoisotopic (exact) mass is 503 g/mol. The van der Waals surface area contributed by atoms with Crippen LogP contribution in [0.3, 0.4) is 0 Å². The summed E-state index contributed by atoms with van der Waals surface area (Å²) in [5.41, 5.74) is 3.21. The zero-order valence-corrected chi connectivity index (χ0v) is 20.4. The molecule has 0 atom stereocenters. The van der Waals surface area contributed by atoms with Crippen LogP contribution in [-0.4, -0.2) is 39.7 Å². The summed E-state index contributed by atoms with van der Waals surface area (Å²) in [6.07, 6.45) is 3.65. The Labute approximate surface area is 207 Å². The van der Waals surface area contributed by atoms with E-state index in [-0.39, 0.29) is 37.3 Å². The maximum absolute atomic E-state index is 14.0. The first-order chi connectivity index (χ1) is 17.1. The standard InChI is InChI=1S/C26H29F4N5O/c1-16(2)18-6-4-7-20(12-18)33-24(36)22-17(3)21(19-13-32-35(15-19)25(27)28)14-31-23(22)34-10-5-8-26(29,30)9-11-34/h4,6-7,12-16,25H,5,8-11H2,1-3H3,(H,33,36). The molecule has 3 aromatic rings. The molecule has 0 bridgehead atoms. The van der Waals surface area contributed by atoms with E-state index in [1.54, 1.807) is 17.9 Å². The molecule has 0 saturated carbocycles. The first-order valence-corrected chi connectivity index (χ1v) is 11.9. The molecule has 0 unspecified atom stereocenters. The van der Waals surface area contributed by atoms with Crippen LogP contribution < -0.4 is 10.2 Å². The van der Waals surface area contributed by atoms with Crippen LogP contribution in [0.2, 0.25) is 0 Å². The summed E-state index contributed by atoms with van der Waals surface area (Å²) in [5, 5.41) is 6.60. The lowest BCUT2D eigenvalue weighted by Gasteiger charge is -2.26. The number of hydrogen-bond donors (Lipinski definition) is 1. The van der Waals surface area contributed by atoms with Crippen molar-refractivity contribution in [2.24, 2.45) is 0 Å². The van der Waals surface area contributed by atoms with Crippen LogP contribution >= 0.6 is 0 Å². The van der Waals surface area contributed by atoms with E-state index in [0.717, 1.165) is 5.56 Å². The SMILES string of the molecule is Cc1c(-c2cnn(C(F)F)c2)cnc(N2CCCC(F)(F)CC2)c1C(=O)Nc1cccc(C(C)C)c1. The fourth-order valence-electron chi connectivity index (χ4n) is 4.42. The zero-order valence-electron chi connectivity index (χ0n) is 20.4. The third-order valence-electron chi connectivity index (χ3n) is 6.49. The second kappa shape index (κ2) is 10.3. The van der Waals surface area contributed by atoms with Crippen molar-refractivity contribution in [3.05, 3.63) is 59.5 Å². The average molecular weight is 504 g/mol. The molecule has 0 aliphatic carbocycles. The fraction of sp³-hybridized carbons (Fsp3) is 0.423. The summed E-state index contributed by atoms with van der Waals surface area (Å²) in [6, 6.07) is 7.48. The number of alkyl halides is 4. The van der Waals surface area contributed by atoms with Gasteiger partial charge in [0.05, 0.1) is 11.8 Å². The van der Waals surface area contributed by atoms with Gasteiger partial charge in [0, 0.05) is 55.1 Å². The Balaban J connectivity index is 1.76. The van der Waals surface area contributed by atoms with Crippen molar-refractivity contribution in [3.63, 3.8) is 0 Å². The van der Waals surface area contributed by atoms with Crippen molar-refractivity contribution in [1.29, 1.82) is 0 Å². The highest BCUT2D eigenvalue weighted by Crippen LogP contribution is 2.35. The number of benzene rings is 1. The van der Waals surface area contributed by atoms with E-state index >= 15 is 0 Å². The normalized spacial score (nSPS) is 15.9. The molecule has 36 heavy (non-hydrogen) atoms. The van der Waals surface area contributed by atoms with Gasteiger partial charge in [-0.25, -0.2) is 18.4 Å². The first-order valence-electron chi connectivity index (χ1n) is 11.9. The summed E-state index contributed by atoms with van der Waals surface area (Å²) in [7, 11) is 0. The molecule has 2 aromatic heterocycles. The number of amides is 1. The van der Waals surface area contributed by atoms with Crippen LogP contribution in [-0.2, 0) is 0 Å². The van der Waals surface area contributed by atoms with E-state index in [9.17, 15) is 22.4 Å². The highest BCUT2D eigenvalue weighted by molar-refractivity contribution is 6.09. The van der Waals surface area contributed by atoms with Crippen molar-refractivity contribution in [2.45, 2.75) is 58.4 Å². The van der Waals surface area contributed by atoms with Crippen LogP contribution in [0.1, 0.15) is 67.1 Å². The molecule has 1 saturated heterocycles. The predicted molar refractivity (Wildman–Crippen MR) is 131 cm³/mol. The molecule has 1 amide bonds. The van der Waals surface area contributed by atoms with E-state index in [1.165, 1.54) is 18.6 Å². The molecule has 10 heteroatoms. The molecule has 0 spiro atoms. The maximum atomic E-state index is 14.0. The minimum atomic E-state index is -2.80. The number of aromatic nitrogens is 3. The molecule has 1 N–H and O–H groups in total. The topological polar surface area (TPSA) is 63.1 Å². The minimum absolute atomic E-state index is 0.0468. The van der Waals surface area contributed by atoms with Crippen LogP contribution in [0.5, 0.6) is 0 Å². The summed E-state index contributed by atoms with van der Waals surface area (Å²) in [6.45, 7) is 3.36. The number of halogens is 4. The molecular formula is C26H29F4N5O. The van der Waals surface area contributed by atoms with Gasteiger partial charge in [-0.3, -0.25) is 4.79 Å². The second-order valence-electron chi connectivity index (χ2n) is 9.41. The molecular weight excluding hydrogens is 474 g/mol. The van der Waals surface area contributed by atoms with Crippen LogP contribution in [0.15, 0.2) is 42.9 Å². The van der Waals surface area contributed by atoms with Crippen molar-refractivity contribution in [2.75, 3.05) is 23.3 Å². The second-order valence-corrected chi connectivity index (χ2v) is 9.41. The van der Waals surface area contributed by atoms with E-state index < -0.39 is 18.4 Å². The Kier molecular flexibility index (Phi) is 7.33. The molecule has 1 fully saturated rings. The van der Waals surface area contributed by atoms with Gasteiger partial charge in [0.25, 0.3) is 5.91 Å². The summed E-state index contributed by atoms with van der Waals surface area (Å²) in [5.74, 6) is -2.66. The van der Waals surface area contributed by atoms with Gasteiger partial charge in [0.15, 0.2) is 0 Å². The fourth-order valence-corrected chi connectivity index (χ4v) is 4.42. The van der Waals surface area contributed by atoms with Gasteiger partial charge in [0.2, 0.25) is 5.92 Å². The van der Waals surface area contributed by atoms with Gasteiger partial charge in [0.1, 0.15) is 5.82 Å². The quantitative estimate of drug-likeness (QED) is 0.383. The number of pyridine rings is 1. The lowest BCUT2D eigenvalue weighted by molar-refractivity contribution is -0.0102. The van der Waals surface area contributed by atoms with E-state index in [1.807, 2.05) is 32.0 Å². The number of nitrogens with one attached hydrogen (secondary N) is 1. The summed E-state index contributed by atoms with van der Waals surface area (Å²) in [4.78, 5) is 19.8. The molecule has 4 rings (SSSR count). The maximum Gasteiger partial charge on any atom is 0.333 e. The zero-order chi connectivity index (χ0) is 26.0. The van der Waals surface area contributed by atoms with Gasteiger partial charge in [-0.1, -0.05) is 26.0 Å². The van der Waals surface area contributed by atoms with Gasteiger partial charge in [-0.15, -0.1) is 0 Å². The Morgan fingerprint density at radius 1 is 1.14 bits per heavy atom. The van der Waals surface area contributed by atoms with Crippen molar-refractivity contribution in [1.82, 2.24) is 14.8 Å². The molecule has 1 aromatic carbocycles. The molecule has 1 aliphatic rings. The molecule has 6 nitrogen and oxygen atoms in total. The van der Waals surface area contributed by atoms with E-state index in [4.69, 9.17) is 0 Å². The molecule has 0 radical (unpaired) electrons. The van der Waals surface area contributed by atoms with Gasteiger partial charge in [-0.05, 0) is 42.5 Å². The average Bonchev–Trinajstić information content (AvgIpc) is 3.24. The largest absolute Gasteiger partial charge is 0.356 e. The Morgan fingerprint density at radius 2 is 1.92 bits per heavy atom. The van der Waals surface area contributed by atoms with Gasteiger partial charge >= 0.3 is 6.55 Å². The highest BCUT2D eigenvalue weighted by atomic mass is 19.3. The molecule has 3 heterocycles. The number of anilines is 2. The summed E-state index contributed by atoms with van der Waals surface area (Å²) >= 11 is 0. The number of hydrogen-bond acceptors (Lipinski definition) is 4. The van der Waals surface area contributed by atoms with E-state index in [2.05, 4.69) is 15.4 Å². The summed E-state index contributed by atoms with van der Waals surface area (Å²) < 4.78 is 54.8. The Hall–Kier alpha value is -3.43. The van der Waals surface area contributed by atoms with Gasteiger partial charge in [-0.2, -0.15) is 13.9 Å². The number of carbonyl (C=O) groups excluding carboxylic acids is 1. The van der Waals surface area contributed by atoms with E-state index in [0.29, 0.717) is 39.4 Å². The first kappa shape index (κ1) is 25.7. The Morgan fingerprint density at radius 3 is 2.61 bits per heavy atom. The van der Waals surface area contributed by atoms with Crippen LogP contribution in [0.4, 0.5) is 29.1 Å². The van der Waals surface area contributed by atoms with Crippen molar-refractivity contribution in [3.8, 4) is 11.1 Å².